The van der Waals surface area contributed by atoms with Crippen molar-refractivity contribution in [2.24, 2.45) is 5.10 Å². The van der Waals surface area contributed by atoms with Gasteiger partial charge in [-0.05, 0) is 41.5 Å². The zero-order valence-corrected chi connectivity index (χ0v) is 21.2. The van der Waals surface area contributed by atoms with Crippen LogP contribution in [0.4, 0.5) is 0 Å². The van der Waals surface area contributed by atoms with E-state index in [1.807, 2.05) is 59.7 Å². The summed E-state index contributed by atoms with van der Waals surface area (Å²) in [7, 11) is 1.48. The molecule has 0 saturated carbocycles. The van der Waals surface area contributed by atoms with Crippen LogP contribution in [0.2, 0.25) is 0 Å². The summed E-state index contributed by atoms with van der Waals surface area (Å²) in [5.41, 5.74) is 4.61. The van der Waals surface area contributed by atoms with E-state index in [4.69, 9.17) is 4.74 Å². The van der Waals surface area contributed by atoms with Gasteiger partial charge in [0.2, 0.25) is 0 Å². The fourth-order valence-corrected chi connectivity index (χ4v) is 3.65. The average molecular weight is 467 g/mol. The van der Waals surface area contributed by atoms with Gasteiger partial charge in [0, 0.05) is 29.5 Å². The van der Waals surface area contributed by atoms with Crippen LogP contribution in [0, 0.1) is 18.3 Å². The van der Waals surface area contributed by atoms with E-state index in [0.29, 0.717) is 11.3 Å². The Bertz CT molecular complexity index is 1170. The predicted octanol–water partition coefficient (Wildman–Crippen LogP) is 3.63. The van der Waals surface area contributed by atoms with Crippen LogP contribution >= 0.6 is 0 Å². The van der Waals surface area contributed by atoms with E-state index in [0.717, 1.165) is 16.7 Å². The third kappa shape index (κ3) is 6.12. The molecule has 182 valence electrons. The van der Waals surface area contributed by atoms with Crippen molar-refractivity contribution in [3.8, 4) is 11.8 Å². The molecule has 1 aromatic carbocycles. The predicted molar refractivity (Wildman–Crippen MR) is 132 cm³/mol. The lowest BCUT2D eigenvalue weighted by Crippen LogP contribution is -2.33. The average Bonchev–Trinajstić information content (AvgIpc) is 2.71. The van der Waals surface area contributed by atoms with Gasteiger partial charge in [0.05, 0.1) is 12.8 Å². The minimum Gasteiger partial charge on any atom is -0.507 e. The number of hydrazone groups is 1. The fraction of sp³-hybridized carbons (Fsp3) is 0.462. The third-order valence-electron chi connectivity index (χ3n) is 5.45. The smallest absolute Gasteiger partial charge is 0.269 e. The molecule has 0 fully saturated rings. The summed E-state index contributed by atoms with van der Waals surface area (Å²) in [4.78, 5) is 25.2. The number of carbonyl (C=O) groups excluding carboxylic acids is 1. The Hall–Kier alpha value is -3.44. The molecule has 0 radical (unpaired) electrons. The molecule has 2 N–H and O–H groups in total. The second kappa shape index (κ2) is 10.2. The first-order valence-corrected chi connectivity index (χ1v) is 11.0. The highest BCUT2D eigenvalue weighted by molar-refractivity contribution is 5.83. The van der Waals surface area contributed by atoms with Gasteiger partial charge in [0.25, 0.3) is 11.5 Å². The number of hydrogen-bond donors (Lipinski definition) is 2. The van der Waals surface area contributed by atoms with Crippen LogP contribution in [0.1, 0.15) is 75.1 Å². The summed E-state index contributed by atoms with van der Waals surface area (Å²) in [5.74, 6) is -0.239. The van der Waals surface area contributed by atoms with Gasteiger partial charge in [-0.1, -0.05) is 41.5 Å². The summed E-state index contributed by atoms with van der Waals surface area (Å²) in [6.45, 7) is 13.7. The Morgan fingerprint density at radius 2 is 1.74 bits per heavy atom. The SMILES string of the molecule is COCc1cc(C)n(CC(=O)N/N=C\c2cc(C(C)(C)C)c(O)c(C(C)(C)C)c2)c(=O)c1C#N. The lowest BCUT2D eigenvalue weighted by atomic mass is 9.78. The van der Waals surface area contributed by atoms with Crippen molar-refractivity contribution < 1.29 is 14.6 Å². The van der Waals surface area contributed by atoms with Crippen LogP contribution in [0.25, 0.3) is 0 Å². The van der Waals surface area contributed by atoms with Crippen molar-refractivity contribution >= 4 is 12.1 Å². The number of nitriles is 1. The summed E-state index contributed by atoms with van der Waals surface area (Å²) in [5, 5.41) is 24.2. The maximum atomic E-state index is 12.7. The number of amides is 1. The van der Waals surface area contributed by atoms with Crippen molar-refractivity contribution in [3.63, 3.8) is 0 Å². The Kier molecular flexibility index (Phi) is 8.06. The minimum atomic E-state index is -0.545. The third-order valence-corrected chi connectivity index (χ3v) is 5.45. The van der Waals surface area contributed by atoms with Gasteiger partial charge in [-0.3, -0.25) is 9.59 Å². The van der Waals surface area contributed by atoms with Crippen molar-refractivity contribution in [1.29, 1.82) is 5.26 Å². The number of nitrogens with zero attached hydrogens (tertiary/aromatic N) is 3. The molecule has 0 aliphatic carbocycles. The minimum absolute atomic E-state index is 0.0442. The highest BCUT2D eigenvalue weighted by Gasteiger charge is 2.26. The lowest BCUT2D eigenvalue weighted by molar-refractivity contribution is -0.121. The van der Waals surface area contributed by atoms with Crippen molar-refractivity contribution in [1.82, 2.24) is 9.99 Å². The van der Waals surface area contributed by atoms with E-state index in [1.54, 1.807) is 13.0 Å². The number of aromatic nitrogens is 1. The van der Waals surface area contributed by atoms with Gasteiger partial charge < -0.3 is 14.4 Å². The highest BCUT2D eigenvalue weighted by Crippen LogP contribution is 2.39. The normalized spacial score (nSPS) is 12.1. The first kappa shape index (κ1) is 26.8. The largest absolute Gasteiger partial charge is 0.507 e. The standard InChI is InChI=1S/C26H34N4O4/c1-16-9-18(15-34-8)19(12-27)24(33)30(16)14-22(31)29-28-13-17-10-20(25(2,3)4)23(32)21(11-17)26(5,6)7/h9-11,13,32H,14-15H2,1-8H3,(H,29,31)/b28-13-. The Labute approximate surface area is 200 Å². The topological polar surface area (TPSA) is 117 Å². The second-order valence-corrected chi connectivity index (χ2v) is 10.4. The summed E-state index contributed by atoms with van der Waals surface area (Å²) in [6, 6.07) is 7.26. The molecule has 0 atom stereocenters. The number of rotatable bonds is 6. The number of aromatic hydroxyl groups is 1. The molecule has 1 heterocycles. The van der Waals surface area contributed by atoms with Crippen molar-refractivity contribution in [2.45, 2.75) is 72.4 Å². The molecule has 1 amide bonds. The van der Waals surface area contributed by atoms with Crippen molar-refractivity contribution in [2.75, 3.05) is 7.11 Å². The molecule has 0 aliphatic rings. The van der Waals surface area contributed by atoms with Crippen LogP contribution in [-0.4, -0.2) is 28.9 Å². The zero-order chi connectivity index (χ0) is 25.8. The number of carbonyl (C=O) groups is 1. The molecule has 8 heteroatoms. The number of aryl methyl sites for hydroxylation is 1. The molecule has 2 rings (SSSR count). The maximum Gasteiger partial charge on any atom is 0.269 e. The van der Waals surface area contributed by atoms with E-state index >= 15 is 0 Å². The Morgan fingerprint density at radius 3 is 2.21 bits per heavy atom. The molecule has 0 saturated heterocycles. The number of nitrogens with one attached hydrogen (secondary N) is 1. The summed E-state index contributed by atoms with van der Waals surface area (Å²) < 4.78 is 6.28. The second-order valence-electron chi connectivity index (χ2n) is 10.4. The lowest BCUT2D eigenvalue weighted by Gasteiger charge is -2.27. The van der Waals surface area contributed by atoms with Crippen LogP contribution < -0.4 is 11.0 Å². The van der Waals surface area contributed by atoms with Gasteiger partial charge in [0.15, 0.2) is 0 Å². The molecule has 2 aromatic rings. The molecule has 0 unspecified atom stereocenters. The van der Waals surface area contributed by atoms with Crippen LogP contribution in [-0.2, 0) is 33.5 Å². The number of phenolic OH excluding ortho intramolecular Hbond substituents is 1. The number of ether oxygens (including phenoxy) is 1. The van der Waals surface area contributed by atoms with E-state index in [1.165, 1.54) is 17.9 Å². The van der Waals surface area contributed by atoms with E-state index < -0.39 is 11.5 Å². The number of phenols is 1. The zero-order valence-electron chi connectivity index (χ0n) is 21.2. The van der Waals surface area contributed by atoms with E-state index in [2.05, 4.69) is 10.5 Å². The van der Waals surface area contributed by atoms with Crippen LogP contribution in [0.5, 0.6) is 5.75 Å². The molecule has 1 aromatic heterocycles. The number of methoxy groups -OCH3 is 1. The fourth-order valence-electron chi connectivity index (χ4n) is 3.65. The first-order valence-electron chi connectivity index (χ1n) is 11.0. The molecule has 0 bridgehead atoms. The number of benzene rings is 1. The summed E-state index contributed by atoms with van der Waals surface area (Å²) >= 11 is 0. The Balaban J connectivity index is 2.30. The molecule has 34 heavy (non-hydrogen) atoms. The van der Waals surface area contributed by atoms with Gasteiger partial charge >= 0.3 is 0 Å². The molecular formula is C26H34N4O4. The first-order chi connectivity index (χ1) is 15.7. The van der Waals surface area contributed by atoms with E-state index in [9.17, 15) is 20.0 Å². The molecule has 0 spiro atoms. The quantitative estimate of drug-likeness (QED) is 0.498. The monoisotopic (exact) mass is 466 g/mol. The summed E-state index contributed by atoms with van der Waals surface area (Å²) in [6.07, 6.45) is 1.51. The number of pyridine rings is 1. The molecule has 8 nitrogen and oxygen atoms in total. The van der Waals surface area contributed by atoms with Gasteiger partial charge in [-0.25, -0.2) is 5.43 Å². The van der Waals surface area contributed by atoms with Gasteiger partial charge in [-0.15, -0.1) is 0 Å². The van der Waals surface area contributed by atoms with Crippen LogP contribution in [0.15, 0.2) is 28.1 Å². The molecular weight excluding hydrogens is 432 g/mol. The Morgan fingerprint density at radius 1 is 1.18 bits per heavy atom. The van der Waals surface area contributed by atoms with Gasteiger partial charge in [-0.2, -0.15) is 10.4 Å². The van der Waals surface area contributed by atoms with E-state index in [-0.39, 0.29) is 35.3 Å². The highest BCUT2D eigenvalue weighted by atomic mass is 16.5. The maximum absolute atomic E-state index is 12.7. The van der Waals surface area contributed by atoms with Gasteiger partial charge in [0.1, 0.15) is 23.9 Å². The van der Waals surface area contributed by atoms with Crippen LogP contribution in [0.3, 0.4) is 0 Å². The molecule has 0 aliphatic heterocycles. The number of hydrogen-bond acceptors (Lipinski definition) is 6. The van der Waals surface area contributed by atoms with Crippen molar-refractivity contribution in [3.05, 3.63) is 62.1 Å².